The zero-order valence-electron chi connectivity index (χ0n) is 18.2. The van der Waals surface area contributed by atoms with E-state index in [4.69, 9.17) is 0 Å². The predicted molar refractivity (Wildman–Crippen MR) is 138 cm³/mol. The molecule has 0 amide bonds. The van der Waals surface area contributed by atoms with E-state index in [9.17, 15) is 4.57 Å². The second kappa shape index (κ2) is 7.65. The molecule has 3 aromatic rings. The van der Waals surface area contributed by atoms with E-state index in [1.54, 1.807) is 11.0 Å². The van der Waals surface area contributed by atoms with Crippen molar-refractivity contribution in [2.24, 2.45) is 5.10 Å². The molecule has 5 nitrogen and oxygen atoms in total. The Bertz CT molecular complexity index is 1280. The van der Waals surface area contributed by atoms with Crippen molar-refractivity contribution in [2.75, 3.05) is 21.8 Å². The monoisotopic (exact) mass is 506 g/mol. The van der Waals surface area contributed by atoms with Gasteiger partial charge in [0.15, 0.2) is 0 Å². The van der Waals surface area contributed by atoms with Crippen LogP contribution in [0.15, 0.2) is 99.4 Å². The maximum atomic E-state index is 14.9. The van der Waals surface area contributed by atoms with Crippen molar-refractivity contribution in [1.82, 2.24) is 0 Å². The van der Waals surface area contributed by atoms with Crippen LogP contribution in [0.5, 0.6) is 0 Å². The van der Waals surface area contributed by atoms with Gasteiger partial charge in [0.1, 0.15) is 0 Å². The first-order valence-corrected chi connectivity index (χ1v) is 12.9. The lowest BCUT2D eigenvalue weighted by molar-refractivity contribution is 0.579. The minimum Gasteiger partial charge on any atom is -0.346 e. The highest BCUT2D eigenvalue weighted by atomic mass is 79.9. The van der Waals surface area contributed by atoms with Gasteiger partial charge in [0.05, 0.1) is 17.2 Å². The van der Waals surface area contributed by atoms with Crippen LogP contribution in [0.1, 0.15) is 19.4 Å². The Morgan fingerprint density at radius 3 is 2.28 bits per heavy atom. The summed E-state index contributed by atoms with van der Waals surface area (Å²) in [6.07, 6.45) is 1.76. The third kappa shape index (κ3) is 3.21. The summed E-state index contributed by atoms with van der Waals surface area (Å²) in [5.41, 5.74) is 4.57. The number of para-hydroxylation sites is 2. The predicted octanol–water partition coefficient (Wildman–Crippen LogP) is 7.20. The second-order valence-electron chi connectivity index (χ2n) is 8.50. The summed E-state index contributed by atoms with van der Waals surface area (Å²) in [7, 11) is -1.32. The number of halogens is 1. The first kappa shape index (κ1) is 21.0. The number of benzene rings is 3. The lowest BCUT2D eigenvalue weighted by atomic mass is 9.84. The van der Waals surface area contributed by atoms with Crippen molar-refractivity contribution >= 4 is 46.7 Å². The molecule has 7 heteroatoms. The Morgan fingerprint density at radius 2 is 1.59 bits per heavy atom. The quantitative estimate of drug-likeness (QED) is 0.381. The van der Waals surface area contributed by atoms with Crippen molar-refractivity contribution in [3.05, 3.63) is 99.9 Å². The van der Waals surface area contributed by atoms with Crippen LogP contribution in [0.25, 0.3) is 0 Å². The van der Waals surface area contributed by atoms with Crippen molar-refractivity contribution in [3.8, 4) is 0 Å². The summed E-state index contributed by atoms with van der Waals surface area (Å²) < 4.78 is 17.5. The molecule has 0 saturated carbocycles. The molecule has 0 aliphatic carbocycles. The third-order valence-corrected chi connectivity index (χ3v) is 9.04. The number of fused-ring (bicyclic) bond motifs is 1. The first-order chi connectivity index (χ1) is 15.3. The number of rotatable bonds is 3. The third-order valence-electron chi connectivity index (χ3n) is 6.10. The Balaban J connectivity index is 1.70. The van der Waals surface area contributed by atoms with Crippen LogP contribution in [0.4, 0.5) is 17.1 Å². The second-order valence-corrected chi connectivity index (χ2v) is 11.7. The molecular formula is C25H24BrN4OP. The molecule has 0 fully saturated rings. The molecule has 0 unspecified atom stereocenters. The van der Waals surface area contributed by atoms with E-state index in [0.717, 1.165) is 27.2 Å². The van der Waals surface area contributed by atoms with Crippen LogP contribution in [0.2, 0.25) is 0 Å². The molecule has 1 atom stereocenters. The number of nitrogens with one attached hydrogen (secondary N) is 1. The topological polar surface area (TPSA) is 47.9 Å². The summed E-state index contributed by atoms with van der Waals surface area (Å²) in [6.45, 7) is 4.36. The number of hydrogen-bond donors (Lipinski definition) is 1. The molecule has 2 aliphatic rings. The molecule has 3 aromatic carbocycles. The summed E-state index contributed by atoms with van der Waals surface area (Å²) in [4.78, 5) is 2.15. The van der Waals surface area contributed by atoms with E-state index >= 15 is 0 Å². The van der Waals surface area contributed by atoms with Gasteiger partial charge >= 0.3 is 7.44 Å². The molecule has 5 rings (SSSR count). The van der Waals surface area contributed by atoms with Gasteiger partial charge in [-0.15, -0.1) is 0 Å². The lowest BCUT2D eigenvalue weighted by Crippen LogP contribution is -2.26. The Labute approximate surface area is 197 Å². The normalized spacial score (nSPS) is 23.5. The fourth-order valence-corrected chi connectivity index (χ4v) is 7.38. The summed E-state index contributed by atoms with van der Waals surface area (Å²) in [5.74, 6) is 0. The van der Waals surface area contributed by atoms with Gasteiger partial charge in [0, 0.05) is 34.0 Å². The maximum absolute atomic E-state index is 14.9. The SMILES string of the molecule is CN1/C(=C2/C=NN(c3ccccc3)[P@]2(=O)Nc2ccc(Br)cc2)C(C)(C)c2ccccc21. The Kier molecular flexibility index (Phi) is 5.03. The molecule has 1 N–H and O–H groups in total. The van der Waals surface area contributed by atoms with Crippen LogP contribution in [0, 0.1) is 0 Å². The summed E-state index contributed by atoms with van der Waals surface area (Å²) in [5, 5.41) is 8.72. The minimum absolute atomic E-state index is 0.323. The van der Waals surface area contributed by atoms with Crippen LogP contribution in [-0.4, -0.2) is 13.3 Å². The van der Waals surface area contributed by atoms with Gasteiger partial charge in [-0.05, 0) is 48.0 Å². The number of hydrazone groups is 1. The number of nitrogens with zero attached hydrogens (tertiary/aromatic N) is 3. The summed E-state index contributed by atoms with van der Waals surface area (Å²) >= 11 is 3.48. The van der Waals surface area contributed by atoms with Crippen LogP contribution < -0.4 is 14.8 Å². The molecule has 32 heavy (non-hydrogen) atoms. The van der Waals surface area contributed by atoms with E-state index in [2.05, 4.69) is 63.1 Å². The van der Waals surface area contributed by atoms with Crippen molar-refractivity contribution in [2.45, 2.75) is 19.3 Å². The fourth-order valence-electron chi connectivity index (χ4n) is 4.62. The molecule has 0 radical (unpaired) electrons. The first-order valence-electron chi connectivity index (χ1n) is 10.4. The zero-order valence-corrected chi connectivity index (χ0v) is 20.6. The van der Waals surface area contributed by atoms with Gasteiger partial charge in [0.2, 0.25) is 0 Å². The smallest absolute Gasteiger partial charge is 0.313 e. The molecule has 0 aromatic heterocycles. The highest BCUT2D eigenvalue weighted by molar-refractivity contribution is 9.10. The number of anilines is 3. The number of hydrogen-bond acceptors (Lipinski definition) is 3. The zero-order chi connectivity index (χ0) is 22.5. The van der Waals surface area contributed by atoms with Gasteiger partial charge in [-0.3, -0.25) is 4.57 Å². The van der Waals surface area contributed by atoms with E-state index < -0.39 is 7.44 Å². The largest absolute Gasteiger partial charge is 0.346 e. The fraction of sp³-hybridized carbons (Fsp3) is 0.160. The molecule has 0 spiro atoms. The highest BCUT2D eigenvalue weighted by Gasteiger charge is 2.48. The van der Waals surface area contributed by atoms with E-state index in [1.165, 1.54) is 5.56 Å². The highest BCUT2D eigenvalue weighted by Crippen LogP contribution is 2.64. The van der Waals surface area contributed by atoms with Gasteiger partial charge in [-0.1, -0.05) is 66.2 Å². The average Bonchev–Trinajstić information content (AvgIpc) is 3.21. The summed E-state index contributed by atoms with van der Waals surface area (Å²) in [6, 6.07) is 25.7. The van der Waals surface area contributed by atoms with E-state index in [-0.39, 0.29) is 5.41 Å². The van der Waals surface area contributed by atoms with Gasteiger partial charge < -0.3 is 9.99 Å². The van der Waals surface area contributed by atoms with Crippen LogP contribution >= 0.6 is 23.4 Å². The molecule has 0 bridgehead atoms. The molecule has 0 saturated heterocycles. The van der Waals surface area contributed by atoms with E-state index in [1.807, 2.05) is 67.7 Å². The van der Waals surface area contributed by atoms with Gasteiger partial charge in [0.25, 0.3) is 0 Å². The molecule has 2 aliphatic heterocycles. The van der Waals surface area contributed by atoms with Crippen LogP contribution in [0.3, 0.4) is 0 Å². The Morgan fingerprint density at radius 1 is 0.938 bits per heavy atom. The van der Waals surface area contributed by atoms with Crippen molar-refractivity contribution in [1.29, 1.82) is 0 Å². The Hall–Kier alpha value is -2.82. The average molecular weight is 507 g/mol. The lowest BCUT2D eigenvalue weighted by Gasteiger charge is -2.31. The number of allylic oxidation sites excluding steroid dienone is 2. The van der Waals surface area contributed by atoms with Crippen molar-refractivity contribution < 1.29 is 4.57 Å². The maximum Gasteiger partial charge on any atom is 0.313 e. The molecule has 2 heterocycles. The standard InChI is InChI=1S/C25H24BrN4OP/c1-25(2)21-11-7-8-12-22(21)29(3)24(25)23-17-27-30(20-9-5-4-6-10-20)32(23,31)28-19-15-13-18(26)14-16-19/h4-17H,1-3H3,(H,28,31)/b24-23-/t32-/m1/s1. The van der Waals surface area contributed by atoms with Crippen LogP contribution in [-0.2, 0) is 9.98 Å². The number of likely N-dealkylation sites (N-methyl/N-ethyl adjacent to an activating group) is 1. The van der Waals surface area contributed by atoms with Crippen molar-refractivity contribution in [3.63, 3.8) is 0 Å². The van der Waals surface area contributed by atoms with E-state index in [0.29, 0.717) is 5.31 Å². The molecule has 162 valence electrons. The van der Waals surface area contributed by atoms with Gasteiger partial charge in [-0.2, -0.15) is 9.88 Å². The van der Waals surface area contributed by atoms with Gasteiger partial charge in [-0.25, -0.2) is 0 Å². The minimum atomic E-state index is -3.36. The molecular weight excluding hydrogens is 483 g/mol.